The SMILES string of the molecule is O=C([O-])CC(O)(CC(=O)[O-])C(=O)[O-].[Cr+2].[Na+]. The van der Waals surface area contributed by atoms with Crippen LogP contribution in [0.1, 0.15) is 12.8 Å². The van der Waals surface area contributed by atoms with E-state index < -0.39 is 36.4 Å². The molecule has 0 unspecified atom stereocenters. The molecule has 78 valence electrons. The number of rotatable bonds is 5. The summed E-state index contributed by atoms with van der Waals surface area (Å²) in [5, 5.41) is 38.9. The summed E-state index contributed by atoms with van der Waals surface area (Å²) >= 11 is 0. The molecule has 0 aliphatic carbocycles. The molecule has 9 heteroatoms. The van der Waals surface area contributed by atoms with Gasteiger partial charge < -0.3 is 34.8 Å². The van der Waals surface area contributed by atoms with Crippen molar-refractivity contribution >= 4 is 17.9 Å². The predicted octanol–water partition coefficient (Wildman–Crippen LogP) is -8.25. The third kappa shape index (κ3) is 7.79. The van der Waals surface area contributed by atoms with E-state index in [0.717, 1.165) is 0 Å². The number of carboxylic acids is 3. The third-order valence-electron chi connectivity index (χ3n) is 1.25. The zero-order chi connectivity index (χ0) is 10.6. The van der Waals surface area contributed by atoms with Crippen LogP contribution in [0.3, 0.4) is 0 Å². The van der Waals surface area contributed by atoms with Crippen LogP contribution >= 0.6 is 0 Å². The summed E-state index contributed by atoms with van der Waals surface area (Å²) in [4.78, 5) is 30.0. The Morgan fingerprint density at radius 3 is 1.40 bits per heavy atom. The van der Waals surface area contributed by atoms with Crippen LogP contribution in [0, 0.1) is 0 Å². The first-order valence-corrected chi connectivity index (χ1v) is 3.11. The maximum Gasteiger partial charge on any atom is 2.00 e. The van der Waals surface area contributed by atoms with E-state index >= 15 is 0 Å². The molecule has 0 bridgehead atoms. The van der Waals surface area contributed by atoms with E-state index in [9.17, 15) is 29.7 Å². The summed E-state index contributed by atoms with van der Waals surface area (Å²) in [7, 11) is 0. The van der Waals surface area contributed by atoms with Crippen LogP contribution < -0.4 is 44.9 Å². The smallest absolute Gasteiger partial charge is 0.550 e. The van der Waals surface area contributed by atoms with Crippen LogP contribution in [0.15, 0.2) is 0 Å². The molecule has 0 spiro atoms. The number of carbonyl (C=O) groups excluding carboxylic acids is 3. The fraction of sp³-hybridized carbons (Fsp3) is 0.500. The molecule has 0 aromatic rings. The summed E-state index contributed by atoms with van der Waals surface area (Å²) in [6.45, 7) is 0. The summed E-state index contributed by atoms with van der Waals surface area (Å²) in [5.74, 6) is -5.98. The molecular weight excluding hydrogens is 259 g/mol. The summed E-state index contributed by atoms with van der Waals surface area (Å²) in [5.41, 5.74) is -2.97. The first-order chi connectivity index (χ1) is 5.78. The number of carbonyl (C=O) groups is 3. The molecule has 0 atom stereocenters. The Balaban J connectivity index is -0.000000720. The summed E-state index contributed by atoms with van der Waals surface area (Å²) in [6.07, 6.45) is -2.72. The molecule has 15 heavy (non-hydrogen) atoms. The van der Waals surface area contributed by atoms with E-state index in [4.69, 9.17) is 5.11 Å². The van der Waals surface area contributed by atoms with E-state index in [1.807, 2.05) is 0 Å². The summed E-state index contributed by atoms with van der Waals surface area (Å²) < 4.78 is 0. The molecule has 0 fully saturated rings. The molecule has 0 aliphatic heterocycles. The standard InChI is InChI=1S/C6H8O7.Cr.Na/c7-3(8)1-6(13,5(11)12)2-4(9)10;;/h13H,1-2H2,(H,7,8)(H,9,10)(H,11,12);;/q;+2;+1/p-3. The van der Waals surface area contributed by atoms with Crippen molar-refractivity contribution in [3.05, 3.63) is 0 Å². The van der Waals surface area contributed by atoms with Gasteiger partial charge in [0.1, 0.15) is 5.60 Å². The average molecular weight is 264 g/mol. The van der Waals surface area contributed by atoms with Gasteiger partial charge >= 0.3 is 46.9 Å². The minimum atomic E-state index is -2.97. The van der Waals surface area contributed by atoms with Crippen LogP contribution in [0.4, 0.5) is 0 Å². The van der Waals surface area contributed by atoms with E-state index in [2.05, 4.69) is 0 Å². The van der Waals surface area contributed by atoms with Crippen molar-refractivity contribution in [1.82, 2.24) is 0 Å². The Bertz CT molecular complexity index is 238. The first-order valence-electron chi connectivity index (χ1n) is 3.11. The van der Waals surface area contributed by atoms with Gasteiger partial charge in [-0.05, 0) is 0 Å². The number of hydrogen-bond acceptors (Lipinski definition) is 7. The third-order valence-corrected chi connectivity index (χ3v) is 1.25. The van der Waals surface area contributed by atoms with Crippen molar-refractivity contribution in [3.8, 4) is 0 Å². The van der Waals surface area contributed by atoms with Crippen LogP contribution in [0.5, 0.6) is 0 Å². The van der Waals surface area contributed by atoms with Crippen molar-refractivity contribution in [1.29, 1.82) is 0 Å². The van der Waals surface area contributed by atoms with E-state index in [-0.39, 0.29) is 46.9 Å². The largest absolute Gasteiger partial charge is 2.00 e. The molecule has 0 aromatic heterocycles. The quantitative estimate of drug-likeness (QED) is 0.486. The maximum atomic E-state index is 10.1. The Labute approximate surface area is 118 Å². The minimum Gasteiger partial charge on any atom is -0.550 e. The van der Waals surface area contributed by atoms with Crippen LogP contribution in [-0.2, 0) is 31.7 Å². The number of carboxylic acid groups (broad SMARTS) is 3. The Hall–Kier alpha value is -0.0975. The van der Waals surface area contributed by atoms with E-state index in [1.165, 1.54) is 0 Å². The number of aliphatic carboxylic acids is 3. The second kappa shape index (κ2) is 8.10. The zero-order valence-electron chi connectivity index (χ0n) is 7.72. The van der Waals surface area contributed by atoms with Crippen molar-refractivity contribution < 1.29 is 81.7 Å². The van der Waals surface area contributed by atoms with Crippen LogP contribution in [0.25, 0.3) is 0 Å². The second-order valence-corrected chi connectivity index (χ2v) is 2.42. The summed E-state index contributed by atoms with van der Waals surface area (Å²) in [6, 6.07) is 0. The molecule has 0 radical (unpaired) electrons. The molecule has 0 aliphatic rings. The molecule has 1 N–H and O–H groups in total. The van der Waals surface area contributed by atoms with Gasteiger partial charge in [-0.25, -0.2) is 0 Å². The Kier molecular flexibility index (Phi) is 11.0. The van der Waals surface area contributed by atoms with Gasteiger partial charge in [-0.2, -0.15) is 0 Å². The Morgan fingerprint density at radius 1 is 1.00 bits per heavy atom. The zero-order valence-corrected chi connectivity index (χ0v) is 11.0. The van der Waals surface area contributed by atoms with Gasteiger partial charge in [-0.3, -0.25) is 0 Å². The molecule has 0 saturated heterocycles. The minimum absolute atomic E-state index is 0. The molecule has 0 heterocycles. The van der Waals surface area contributed by atoms with Gasteiger partial charge in [0.2, 0.25) is 0 Å². The molecular formula is C6H5CrNaO7. The molecule has 0 saturated carbocycles. The van der Waals surface area contributed by atoms with Crippen molar-refractivity contribution in [2.24, 2.45) is 0 Å². The maximum absolute atomic E-state index is 10.1. The van der Waals surface area contributed by atoms with E-state index in [0.29, 0.717) is 0 Å². The van der Waals surface area contributed by atoms with E-state index in [1.54, 1.807) is 0 Å². The van der Waals surface area contributed by atoms with Gasteiger partial charge in [-0.1, -0.05) is 0 Å². The molecule has 0 aromatic carbocycles. The van der Waals surface area contributed by atoms with Crippen molar-refractivity contribution in [2.45, 2.75) is 18.4 Å². The van der Waals surface area contributed by atoms with Crippen molar-refractivity contribution in [2.75, 3.05) is 0 Å². The topological polar surface area (TPSA) is 141 Å². The normalized spacial score (nSPS) is 9.40. The van der Waals surface area contributed by atoms with Gasteiger partial charge in [0.05, 0.1) is 5.97 Å². The molecule has 7 nitrogen and oxygen atoms in total. The second-order valence-electron chi connectivity index (χ2n) is 2.42. The number of aliphatic hydroxyl groups is 1. The molecule has 0 amide bonds. The number of hydrogen-bond donors (Lipinski definition) is 1. The van der Waals surface area contributed by atoms with Crippen LogP contribution in [-0.4, -0.2) is 28.6 Å². The first kappa shape index (κ1) is 20.3. The Morgan fingerprint density at radius 2 is 1.27 bits per heavy atom. The van der Waals surface area contributed by atoms with Gasteiger partial charge in [-0.15, -0.1) is 0 Å². The van der Waals surface area contributed by atoms with Gasteiger partial charge in [0.15, 0.2) is 0 Å². The fourth-order valence-electron chi connectivity index (χ4n) is 0.684. The molecule has 0 rings (SSSR count). The fourth-order valence-corrected chi connectivity index (χ4v) is 0.684. The monoisotopic (exact) mass is 264 g/mol. The van der Waals surface area contributed by atoms with Gasteiger partial charge in [0.25, 0.3) is 0 Å². The van der Waals surface area contributed by atoms with Crippen LogP contribution in [0.2, 0.25) is 0 Å². The van der Waals surface area contributed by atoms with Crippen molar-refractivity contribution in [3.63, 3.8) is 0 Å². The van der Waals surface area contributed by atoms with Gasteiger partial charge in [0, 0.05) is 24.8 Å². The average Bonchev–Trinajstić information content (AvgIpc) is 1.82. The predicted molar refractivity (Wildman–Crippen MR) is 29.2 cm³/mol.